The van der Waals surface area contributed by atoms with Gasteiger partial charge in [0.05, 0.1) is 0 Å². The lowest BCUT2D eigenvalue weighted by molar-refractivity contribution is 0.403. The fourth-order valence-electron chi connectivity index (χ4n) is 0.941. The molecule has 11 heavy (non-hydrogen) atoms. The van der Waals surface area contributed by atoms with Crippen molar-refractivity contribution in [3.63, 3.8) is 0 Å². The predicted octanol–water partition coefficient (Wildman–Crippen LogP) is 1.70. The maximum Gasteiger partial charge on any atom is 0.0320 e. The van der Waals surface area contributed by atoms with Gasteiger partial charge in [0.15, 0.2) is 0 Å². The smallest absolute Gasteiger partial charge is 0.0320 e. The van der Waals surface area contributed by atoms with Gasteiger partial charge in [0.2, 0.25) is 0 Å². The Morgan fingerprint density at radius 1 is 1.36 bits per heavy atom. The molecule has 0 saturated heterocycles. The van der Waals surface area contributed by atoms with Gasteiger partial charge in [0, 0.05) is 31.4 Å². The van der Waals surface area contributed by atoms with E-state index in [1.54, 1.807) is 0 Å². The summed E-state index contributed by atoms with van der Waals surface area (Å²) in [4.78, 5) is 0. The normalized spacial score (nSPS) is 13.0. The lowest BCUT2D eigenvalue weighted by Crippen LogP contribution is -2.25. The minimum atomic E-state index is 0.248. The maximum absolute atomic E-state index is 3.19. The van der Waals surface area contributed by atoms with Crippen LogP contribution >= 0.6 is 0 Å². The molecule has 0 rings (SSSR count). The van der Waals surface area contributed by atoms with E-state index in [2.05, 4.69) is 31.4 Å². The number of allylic oxidation sites excluding steroid dienone is 1. The average molecular weight is 156 g/mol. The van der Waals surface area contributed by atoms with Crippen molar-refractivity contribution in [1.82, 2.24) is 10.6 Å². The maximum atomic E-state index is 3.19. The van der Waals surface area contributed by atoms with E-state index in [0.717, 1.165) is 6.42 Å². The van der Waals surface area contributed by atoms with Gasteiger partial charge in [-0.2, -0.15) is 0 Å². The molecule has 0 aliphatic heterocycles. The van der Waals surface area contributed by atoms with Crippen molar-refractivity contribution in [3.05, 3.63) is 11.9 Å². The highest BCUT2D eigenvalue weighted by atomic mass is 14.9. The van der Waals surface area contributed by atoms with Gasteiger partial charge >= 0.3 is 0 Å². The number of rotatable bonds is 4. The predicted molar refractivity (Wildman–Crippen MR) is 50.3 cm³/mol. The van der Waals surface area contributed by atoms with Crippen LogP contribution in [0.3, 0.4) is 0 Å². The quantitative estimate of drug-likeness (QED) is 0.647. The van der Waals surface area contributed by atoms with Gasteiger partial charge in [-0.05, 0) is 6.42 Å². The van der Waals surface area contributed by atoms with E-state index in [0.29, 0.717) is 0 Å². The summed E-state index contributed by atoms with van der Waals surface area (Å²) in [5.74, 6) is 0. The van der Waals surface area contributed by atoms with Crippen molar-refractivity contribution in [1.29, 1.82) is 0 Å². The Morgan fingerprint density at radius 2 is 1.91 bits per heavy atom. The van der Waals surface area contributed by atoms with E-state index in [1.807, 2.05) is 20.3 Å². The Morgan fingerprint density at radius 3 is 2.18 bits per heavy atom. The summed E-state index contributed by atoms with van der Waals surface area (Å²) in [6.45, 7) is 6.65. The minimum absolute atomic E-state index is 0.248. The molecule has 0 atom stereocenters. The van der Waals surface area contributed by atoms with Crippen LogP contribution < -0.4 is 10.6 Å². The summed E-state index contributed by atoms with van der Waals surface area (Å²) in [7, 11) is 3.88. The summed E-state index contributed by atoms with van der Waals surface area (Å²) in [6.07, 6.45) is 3.16. The molecule has 0 aliphatic rings. The molecule has 0 fully saturated rings. The Bertz CT molecular complexity index is 136. The van der Waals surface area contributed by atoms with Crippen molar-refractivity contribution < 1.29 is 0 Å². The molecule has 0 aromatic carbocycles. The minimum Gasteiger partial charge on any atom is -0.393 e. The van der Waals surface area contributed by atoms with Crippen LogP contribution in [0.15, 0.2) is 11.9 Å². The fraction of sp³-hybridized carbons (Fsp3) is 0.778. The van der Waals surface area contributed by atoms with Crippen LogP contribution in [0.1, 0.15) is 27.2 Å². The summed E-state index contributed by atoms with van der Waals surface area (Å²) in [5, 5.41) is 6.23. The zero-order valence-electron chi connectivity index (χ0n) is 8.28. The van der Waals surface area contributed by atoms with Crippen LogP contribution in [0.2, 0.25) is 0 Å². The molecule has 0 aromatic rings. The highest BCUT2D eigenvalue weighted by Crippen LogP contribution is 2.26. The molecular weight excluding hydrogens is 136 g/mol. The fourth-order valence-corrected chi connectivity index (χ4v) is 0.941. The molecular formula is C9H20N2. The van der Waals surface area contributed by atoms with Gasteiger partial charge in [-0.25, -0.2) is 0 Å². The third-order valence-corrected chi connectivity index (χ3v) is 2.17. The van der Waals surface area contributed by atoms with E-state index in [4.69, 9.17) is 0 Å². The first-order chi connectivity index (χ1) is 5.08. The van der Waals surface area contributed by atoms with Gasteiger partial charge in [-0.1, -0.05) is 20.8 Å². The molecule has 0 spiro atoms. The summed E-state index contributed by atoms with van der Waals surface area (Å²) in [5.41, 5.74) is 1.50. The molecule has 0 amide bonds. The SMILES string of the molecule is CCC(C)(C)/C(=C/NC)NC. The highest BCUT2D eigenvalue weighted by Gasteiger charge is 2.19. The van der Waals surface area contributed by atoms with Gasteiger partial charge in [-0.3, -0.25) is 0 Å². The number of hydrogen-bond acceptors (Lipinski definition) is 2. The molecule has 2 heteroatoms. The van der Waals surface area contributed by atoms with E-state index in [-0.39, 0.29) is 5.41 Å². The monoisotopic (exact) mass is 156 g/mol. The molecule has 66 valence electrons. The van der Waals surface area contributed by atoms with Crippen molar-refractivity contribution in [2.24, 2.45) is 5.41 Å². The first kappa shape index (κ1) is 10.3. The molecule has 0 unspecified atom stereocenters. The van der Waals surface area contributed by atoms with E-state index in [9.17, 15) is 0 Å². The van der Waals surface area contributed by atoms with Gasteiger partial charge in [0.25, 0.3) is 0 Å². The van der Waals surface area contributed by atoms with Crippen molar-refractivity contribution >= 4 is 0 Å². The first-order valence-corrected chi connectivity index (χ1v) is 4.14. The molecule has 2 nitrogen and oxygen atoms in total. The van der Waals surface area contributed by atoms with E-state index < -0.39 is 0 Å². The number of hydrogen-bond donors (Lipinski definition) is 2. The topological polar surface area (TPSA) is 24.1 Å². The van der Waals surface area contributed by atoms with Gasteiger partial charge in [0.1, 0.15) is 0 Å². The van der Waals surface area contributed by atoms with Crippen LogP contribution in [0, 0.1) is 5.41 Å². The molecule has 0 radical (unpaired) electrons. The second-order valence-electron chi connectivity index (χ2n) is 3.33. The second kappa shape index (κ2) is 4.27. The van der Waals surface area contributed by atoms with E-state index >= 15 is 0 Å². The van der Waals surface area contributed by atoms with Crippen LogP contribution in [0.5, 0.6) is 0 Å². The molecule has 0 heterocycles. The van der Waals surface area contributed by atoms with Crippen molar-refractivity contribution in [2.75, 3.05) is 14.1 Å². The summed E-state index contributed by atoms with van der Waals surface area (Å²) < 4.78 is 0. The lowest BCUT2D eigenvalue weighted by Gasteiger charge is -2.26. The van der Waals surface area contributed by atoms with Crippen LogP contribution in [0.25, 0.3) is 0 Å². The molecule has 0 saturated carbocycles. The van der Waals surface area contributed by atoms with Crippen LogP contribution in [0.4, 0.5) is 0 Å². The van der Waals surface area contributed by atoms with Crippen LogP contribution in [-0.2, 0) is 0 Å². The Balaban J connectivity index is 4.36. The zero-order valence-corrected chi connectivity index (χ0v) is 8.28. The Labute approximate surface area is 70.1 Å². The Kier molecular flexibility index (Phi) is 4.01. The summed E-state index contributed by atoms with van der Waals surface area (Å²) in [6, 6.07) is 0. The number of nitrogens with one attached hydrogen (secondary N) is 2. The highest BCUT2D eigenvalue weighted by molar-refractivity contribution is 5.07. The Hall–Kier alpha value is -0.660. The average Bonchev–Trinajstić information content (AvgIpc) is 2.00. The molecule has 2 N–H and O–H groups in total. The largest absolute Gasteiger partial charge is 0.393 e. The molecule has 0 aliphatic carbocycles. The lowest BCUT2D eigenvalue weighted by atomic mass is 9.86. The van der Waals surface area contributed by atoms with Gasteiger partial charge in [-0.15, -0.1) is 0 Å². The second-order valence-corrected chi connectivity index (χ2v) is 3.33. The standard InChI is InChI=1S/C9H20N2/c1-6-9(2,3)8(11-5)7-10-4/h7,10-11H,6H2,1-5H3/b8-7-. The first-order valence-electron chi connectivity index (χ1n) is 4.14. The van der Waals surface area contributed by atoms with Crippen molar-refractivity contribution in [2.45, 2.75) is 27.2 Å². The summed E-state index contributed by atoms with van der Waals surface area (Å²) >= 11 is 0. The third kappa shape index (κ3) is 2.83. The zero-order chi connectivity index (χ0) is 8.91. The molecule has 0 bridgehead atoms. The van der Waals surface area contributed by atoms with Crippen LogP contribution in [-0.4, -0.2) is 14.1 Å². The van der Waals surface area contributed by atoms with E-state index in [1.165, 1.54) is 5.70 Å². The van der Waals surface area contributed by atoms with Crippen molar-refractivity contribution in [3.8, 4) is 0 Å². The van der Waals surface area contributed by atoms with Gasteiger partial charge < -0.3 is 10.6 Å². The molecule has 0 aromatic heterocycles. The third-order valence-electron chi connectivity index (χ3n) is 2.17.